The van der Waals surface area contributed by atoms with E-state index < -0.39 is 32.7 Å². The first-order chi connectivity index (χ1) is 12.7. The van der Waals surface area contributed by atoms with E-state index in [9.17, 15) is 18.3 Å². The Morgan fingerprint density at radius 2 is 1.82 bits per heavy atom. The maximum Gasteiger partial charge on any atom is 1.00 e. The molecule has 0 aliphatic carbocycles. The van der Waals surface area contributed by atoms with Gasteiger partial charge in [0.2, 0.25) is 0 Å². The summed E-state index contributed by atoms with van der Waals surface area (Å²) in [6, 6.07) is 10.1. The zero-order valence-corrected chi connectivity index (χ0v) is 18.2. The largest absolute Gasteiger partial charge is 1.00 e. The number of aryl methyl sites for hydroxylation is 1. The smallest absolute Gasteiger partial charge is 0.870 e. The van der Waals surface area contributed by atoms with Crippen LogP contribution in [0.1, 0.15) is 12.5 Å². The fourth-order valence-corrected chi connectivity index (χ4v) is 3.22. The van der Waals surface area contributed by atoms with Crippen LogP contribution in [-0.2, 0) is 14.9 Å². The van der Waals surface area contributed by atoms with Crippen LogP contribution in [0.2, 0.25) is 0 Å². The summed E-state index contributed by atoms with van der Waals surface area (Å²) in [6.07, 6.45) is 0. The van der Waals surface area contributed by atoms with Crippen LogP contribution in [0.25, 0.3) is 0 Å². The van der Waals surface area contributed by atoms with E-state index in [0.29, 0.717) is 17.0 Å². The molecule has 1 N–H and O–H groups in total. The van der Waals surface area contributed by atoms with Crippen LogP contribution in [-0.4, -0.2) is 30.6 Å². The summed E-state index contributed by atoms with van der Waals surface area (Å²) in [5.74, 6) is -1.44. The van der Waals surface area contributed by atoms with Crippen LogP contribution in [0.3, 0.4) is 0 Å². The van der Waals surface area contributed by atoms with Crippen molar-refractivity contribution in [3.05, 3.63) is 48.0 Å². The Bertz CT molecular complexity index is 1070. The summed E-state index contributed by atoms with van der Waals surface area (Å²) in [4.78, 5) is 11.8. The van der Waals surface area contributed by atoms with E-state index >= 15 is 0 Å². The molecule has 0 saturated carbocycles. The number of nitrogens with zero attached hydrogens (tertiary/aromatic N) is 4. The Morgan fingerprint density at radius 3 is 2.43 bits per heavy atom. The Hall–Kier alpha value is -2.11. The normalized spacial score (nSPS) is 17.0. The number of hydrazone groups is 1. The molecule has 1 aliphatic rings. The number of benzene rings is 2. The van der Waals surface area contributed by atoms with Crippen molar-refractivity contribution in [2.75, 3.05) is 5.01 Å². The molecular formula is C17H15N4NaO5S. The third-order valence-electron chi connectivity index (χ3n) is 3.84. The van der Waals surface area contributed by atoms with Gasteiger partial charge in [0.15, 0.2) is 6.04 Å². The Labute approximate surface area is 183 Å². The number of hydrogen-bond acceptors (Lipinski definition) is 7. The monoisotopic (exact) mass is 410 g/mol. The number of para-hydroxylation sites is 1. The van der Waals surface area contributed by atoms with E-state index in [-0.39, 0.29) is 35.2 Å². The molecule has 0 aromatic heterocycles. The van der Waals surface area contributed by atoms with Gasteiger partial charge < -0.3 is 5.11 Å². The first kappa shape index (κ1) is 22.2. The van der Waals surface area contributed by atoms with Gasteiger partial charge in [0.05, 0.1) is 22.0 Å². The summed E-state index contributed by atoms with van der Waals surface area (Å²) in [6.45, 7) is 3.14. The molecule has 140 valence electrons. The number of hydrogen-bond donors (Lipinski definition) is 1. The van der Waals surface area contributed by atoms with Crippen molar-refractivity contribution in [1.29, 1.82) is 0 Å². The predicted molar refractivity (Wildman–Crippen MR) is 95.8 cm³/mol. The van der Waals surface area contributed by atoms with Gasteiger partial charge >= 0.3 is 29.6 Å². The van der Waals surface area contributed by atoms with E-state index in [1.807, 2.05) is 0 Å². The van der Waals surface area contributed by atoms with E-state index in [4.69, 9.17) is 4.55 Å². The van der Waals surface area contributed by atoms with Crippen molar-refractivity contribution in [3.63, 3.8) is 0 Å². The first-order valence-corrected chi connectivity index (χ1v) is 9.26. The molecule has 28 heavy (non-hydrogen) atoms. The second-order valence-corrected chi connectivity index (χ2v) is 7.32. The molecule has 11 heteroatoms. The van der Waals surface area contributed by atoms with Gasteiger partial charge in [-0.1, -0.05) is 23.9 Å². The van der Waals surface area contributed by atoms with Gasteiger partial charge in [0.25, 0.3) is 16.0 Å². The van der Waals surface area contributed by atoms with Gasteiger partial charge in [-0.2, -0.15) is 28.8 Å². The molecule has 9 nitrogen and oxygen atoms in total. The van der Waals surface area contributed by atoms with E-state index in [0.717, 1.165) is 6.07 Å². The van der Waals surface area contributed by atoms with Crippen LogP contribution >= 0.6 is 0 Å². The zero-order chi connectivity index (χ0) is 19.8. The van der Waals surface area contributed by atoms with Gasteiger partial charge in [0, 0.05) is 0 Å². The maximum atomic E-state index is 12.6. The van der Waals surface area contributed by atoms with Gasteiger partial charge in [-0.15, -0.1) is 0 Å². The minimum atomic E-state index is -4.70. The van der Waals surface area contributed by atoms with Crippen LogP contribution in [0.4, 0.5) is 11.4 Å². The molecule has 2 aromatic rings. The number of carbonyl (C=O) groups is 1. The molecule has 0 radical (unpaired) electrons. The van der Waals surface area contributed by atoms with Crippen molar-refractivity contribution in [2.45, 2.75) is 24.8 Å². The molecule has 1 unspecified atom stereocenters. The molecule has 1 atom stereocenters. The third kappa shape index (κ3) is 4.47. The second-order valence-electron chi connectivity index (χ2n) is 5.93. The molecule has 1 heterocycles. The SMILES string of the molecule is CC1=NN(c2ccccc2)C(=O)C1N=Nc1cc(C)cc(S(=O)(=O)O)c1[O-].[Na+]. The van der Waals surface area contributed by atoms with Crippen molar-refractivity contribution in [2.24, 2.45) is 15.3 Å². The maximum absolute atomic E-state index is 12.6. The molecule has 3 rings (SSSR count). The standard InChI is InChI=1S/C17H16N4O5S.Na/c1-10-8-13(16(22)14(9-10)27(24,25)26)18-19-15-11(2)20-21(17(15)23)12-6-4-3-5-7-12;/h3-9,15,22H,1-2H3,(H,24,25,26);/q;+1/p-1. The van der Waals surface area contributed by atoms with Gasteiger partial charge in [-0.05, 0) is 43.7 Å². The Morgan fingerprint density at radius 1 is 1.18 bits per heavy atom. The van der Waals surface area contributed by atoms with Crippen LogP contribution in [0.5, 0.6) is 5.75 Å². The topological polar surface area (TPSA) is 135 Å². The summed E-state index contributed by atoms with van der Waals surface area (Å²) in [5, 5.41) is 25.2. The molecule has 0 saturated heterocycles. The summed E-state index contributed by atoms with van der Waals surface area (Å²) in [7, 11) is -4.70. The average molecular weight is 410 g/mol. The summed E-state index contributed by atoms with van der Waals surface area (Å²) in [5.41, 5.74) is 1.04. The Kier molecular flexibility index (Phi) is 6.73. The minimum Gasteiger partial charge on any atom is -0.870 e. The summed E-state index contributed by atoms with van der Waals surface area (Å²) < 4.78 is 31.8. The number of carbonyl (C=O) groups excluding carboxylic acids is 1. The minimum absolute atomic E-state index is 0. The average Bonchev–Trinajstić information content (AvgIpc) is 2.89. The number of azo groups is 1. The van der Waals surface area contributed by atoms with Crippen molar-refractivity contribution in [3.8, 4) is 5.75 Å². The quantitative estimate of drug-likeness (QED) is 0.400. The van der Waals surface area contributed by atoms with Gasteiger partial charge in [-0.25, -0.2) is 0 Å². The van der Waals surface area contributed by atoms with Gasteiger partial charge in [0.1, 0.15) is 0 Å². The molecule has 0 fully saturated rings. The molecule has 1 amide bonds. The fraction of sp³-hybridized carbons (Fsp3) is 0.176. The van der Waals surface area contributed by atoms with Crippen molar-refractivity contribution >= 4 is 33.1 Å². The van der Waals surface area contributed by atoms with E-state index in [1.165, 1.54) is 18.0 Å². The predicted octanol–water partition coefficient (Wildman–Crippen LogP) is -0.806. The van der Waals surface area contributed by atoms with Crippen molar-refractivity contribution < 1.29 is 52.4 Å². The molecule has 0 spiro atoms. The molecule has 0 bridgehead atoms. The number of rotatable bonds is 4. The van der Waals surface area contributed by atoms with Crippen LogP contribution in [0, 0.1) is 6.92 Å². The molecule has 2 aromatic carbocycles. The second kappa shape index (κ2) is 8.50. The first-order valence-electron chi connectivity index (χ1n) is 7.82. The number of amides is 1. The third-order valence-corrected chi connectivity index (χ3v) is 4.69. The number of anilines is 1. The van der Waals surface area contributed by atoms with Crippen LogP contribution < -0.4 is 39.7 Å². The fourth-order valence-electron chi connectivity index (χ4n) is 2.55. The van der Waals surface area contributed by atoms with E-state index in [1.54, 1.807) is 37.3 Å². The van der Waals surface area contributed by atoms with Crippen molar-refractivity contribution in [1.82, 2.24) is 0 Å². The zero-order valence-electron chi connectivity index (χ0n) is 15.4. The Balaban J connectivity index is 0.00000280. The van der Waals surface area contributed by atoms with Crippen LogP contribution in [0.15, 0.2) is 62.7 Å². The summed E-state index contributed by atoms with van der Waals surface area (Å²) >= 11 is 0. The molecule has 1 aliphatic heterocycles. The van der Waals surface area contributed by atoms with Gasteiger partial charge in [-0.3, -0.25) is 9.35 Å². The molecular weight excluding hydrogens is 395 g/mol. The van der Waals surface area contributed by atoms with E-state index in [2.05, 4.69) is 15.3 Å².